The van der Waals surface area contributed by atoms with Gasteiger partial charge in [0.15, 0.2) is 0 Å². The number of rotatable bonds is 5. The van der Waals surface area contributed by atoms with Crippen LogP contribution in [0, 0.1) is 0 Å². The second-order valence-corrected chi connectivity index (χ2v) is 5.82. The lowest BCUT2D eigenvalue weighted by molar-refractivity contribution is 0.249. The molecule has 0 aromatic heterocycles. The first-order valence-corrected chi connectivity index (χ1v) is 7.57. The minimum atomic E-state index is -0.692. The number of nitrogens with zero attached hydrogens (tertiary/aromatic N) is 3. The molecule has 2 amide bonds. The fourth-order valence-electron chi connectivity index (χ4n) is 2.24. The van der Waals surface area contributed by atoms with E-state index < -0.39 is 6.03 Å². The van der Waals surface area contributed by atoms with Crippen LogP contribution in [0.4, 0.5) is 16.2 Å². The third-order valence-corrected chi connectivity index (χ3v) is 3.59. The average Bonchev–Trinajstić information content (AvgIpc) is 2.55. The minimum Gasteiger partial charge on any atom is -0.378 e. The van der Waals surface area contributed by atoms with Crippen LogP contribution in [0.2, 0.25) is 0 Å². The van der Waals surface area contributed by atoms with Gasteiger partial charge < -0.3 is 15.5 Å². The molecule has 0 bridgehead atoms. The summed E-state index contributed by atoms with van der Waals surface area (Å²) in [4.78, 5) is 15.1. The Labute approximate surface area is 142 Å². The van der Waals surface area contributed by atoms with Crippen molar-refractivity contribution >= 4 is 23.1 Å². The fourth-order valence-corrected chi connectivity index (χ4v) is 2.24. The predicted octanol–water partition coefficient (Wildman–Crippen LogP) is 2.24. The van der Waals surface area contributed by atoms with E-state index >= 15 is 0 Å². The first-order chi connectivity index (χ1) is 11.4. The highest BCUT2D eigenvalue weighted by Crippen LogP contribution is 2.18. The van der Waals surface area contributed by atoms with Crippen molar-refractivity contribution in [3.8, 4) is 0 Å². The van der Waals surface area contributed by atoms with Gasteiger partial charge in [0.25, 0.3) is 0 Å². The molecular weight excluding hydrogens is 302 g/mol. The molecule has 0 aliphatic heterocycles. The van der Waals surface area contributed by atoms with Gasteiger partial charge in [-0.25, -0.2) is 10.2 Å². The second-order valence-electron chi connectivity index (χ2n) is 5.82. The summed E-state index contributed by atoms with van der Waals surface area (Å²) in [5.41, 5.74) is 12.1. The minimum absolute atomic E-state index is 0.657. The number of carbonyl (C=O) groups excluding carboxylic acids is 1. The second kappa shape index (κ2) is 7.50. The third kappa shape index (κ3) is 4.25. The van der Waals surface area contributed by atoms with Crippen molar-refractivity contribution in [2.24, 2.45) is 10.8 Å². The van der Waals surface area contributed by atoms with Crippen molar-refractivity contribution in [1.82, 2.24) is 5.43 Å². The highest BCUT2D eigenvalue weighted by molar-refractivity contribution is 6.13. The zero-order chi connectivity index (χ0) is 17.7. The van der Waals surface area contributed by atoms with Crippen molar-refractivity contribution < 1.29 is 4.79 Å². The number of benzene rings is 2. The molecule has 0 atom stereocenters. The van der Waals surface area contributed by atoms with Crippen molar-refractivity contribution in [3.05, 3.63) is 59.7 Å². The van der Waals surface area contributed by atoms with E-state index in [0.717, 1.165) is 22.5 Å². The molecule has 0 saturated carbocycles. The molecule has 0 radical (unpaired) electrons. The number of anilines is 2. The van der Waals surface area contributed by atoms with Crippen LogP contribution in [0.3, 0.4) is 0 Å². The summed E-state index contributed by atoms with van der Waals surface area (Å²) in [5.74, 6) is 0. The quantitative estimate of drug-likeness (QED) is 0.654. The Morgan fingerprint density at radius 1 is 0.833 bits per heavy atom. The summed E-state index contributed by atoms with van der Waals surface area (Å²) in [5, 5.41) is 4.18. The summed E-state index contributed by atoms with van der Waals surface area (Å²) in [6.07, 6.45) is 0. The molecule has 2 rings (SSSR count). The summed E-state index contributed by atoms with van der Waals surface area (Å²) >= 11 is 0. The molecule has 126 valence electrons. The van der Waals surface area contributed by atoms with Gasteiger partial charge in [-0.05, 0) is 24.3 Å². The van der Waals surface area contributed by atoms with E-state index in [9.17, 15) is 4.79 Å². The third-order valence-electron chi connectivity index (χ3n) is 3.59. The van der Waals surface area contributed by atoms with E-state index in [1.807, 2.05) is 86.5 Å². The Balaban J connectivity index is 2.41. The number of hydrogen-bond acceptors (Lipinski definition) is 4. The molecule has 0 saturated heterocycles. The van der Waals surface area contributed by atoms with Crippen LogP contribution < -0.4 is 21.0 Å². The number of nitrogens with two attached hydrogens (primary N) is 1. The van der Waals surface area contributed by atoms with Crippen molar-refractivity contribution in [2.75, 3.05) is 38.0 Å². The molecule has 0 spiro atoms. The van der Waals surface area contributed by atoms with Gasteiger partial charge >= 0.3 is 6.03 Å². The van der Waals surface area contributed by atoms with Gasteiger partial charge in [0, 0.05) is 50.7 Å². The highest BCUT2D eigenvalue weighted by Gasteiger charge is 2.09. The summed E-state index contributed by atoms with van der Waals surface area (Å²) in [6, 6.07) is 15.2. The number of carbonyl (C=O) groups is 1. The van der Waals surface area contributed by atoms with Gasteiger partial charge in [0.05, 0.1) is 5.71 Å². The number of hydrogen-bond donors (Lipinski definition) is 2. The lowest BCUT2D eigenvalue weighted by Crippen LogP contribution is -2.26. The molecule has 6 heteroatoms. The Bertz CT molecular complexity index is 665. The summed E-state index contributed by atoms with van der Waals surface area (Å²) in [7, 11) is 7.94. The normalized spacial score (nSPS) is 10.0. The number of urea groups is 1. The maximum atomic E-state index is 11.0. The molecule has 3 N–H and O–H groups in total. The molecule has 6 nitrogen and oxygen atoms in total. The van der Waals surface area contributed by atoms with Crippen LogP contribution in [0.25, 0.3) is 0 Å². The maximum absolute atomic E-state index is 11.0. The Morgan fingerprint density at radius 3 is 1.50 bits per heavy atom. The SMILES string of the molecule is CN(C)c1ccc(C(=NNC(N)=O)c2ccc(N(C)C)cc2)cc1. The monoisotopic (exact) mass is 325 g/mol. The van der Waals surface area contributed by atoms with E-state index in [4.69, 9.17) is 5.73 Å². The summed E-state index contributed by atoms with van der Waals surface area (Å²) < 4.78 is 0. The first-order valence-electron chi connectivity index (χ1n) is 7.57. The zero-order valence-corrected chi connectivity index (χ0v) is 14.4. The molecule has 0 fully saturated rings. The molecule has 0 aliphatic rings. The van der Waals surface area contributed by atoms with Crippen LogP contribution in [0.5, 0.6) is 0 Å². The van der Waals surface area contributed by atoms with Crippen molar-refractivity contribution in [3.63, 3.8) is 0 Å². The van der Waals surface area contributed by atoms with Crippen LogP contribution in [0.15, 0.2) is 53.6 Å². The molecule has 0 aliphatic carbocycles. The van der Waals surface area contributed by atoms with Crippen LogP contribution in [0.1, 0.15) is 11.1 Å². The standard InChI is InChI=1S/C18H23N5O/c1-22(2)15-9-5-13(6-10-15)17(20-21-18(19)24)14-7-11-16(12-8-14)23(3)4/h5-12H,1-4H3,(H3,19,21,24). The van der Waals surface area contributed by atoms with E-state index in [0.29, 0.717) is 5.71 Å². The lowest BCUT2D eigenvalue weighted by Gasteiger charge is -2.15. The molecule has 0 heterocycles. The van der Waals surface area contributed by atoms with Crippen molar-refractivity contribution in [2.45, 2.75) is 0 Å². The van der Waals surface area contributed by atoms with Gasteiger partial charge in [-0.3, -0.25) is 0 Å². The summed E-state index contributed by atoms with van der Waals surface area (Å²) in [6.45, 7) is 0. The van der Waals surface area contributed by atoms with E-state index in [-0.39, 0.29) is 0 Å². The smallest absolute Gasteiger partial charge is 0.332 e. The Kier molecular flexibility index (Phi) is 5.42. The largest absolute Gasteiger partial charge is 0.378 e. The number of primary amides is 1. The van der Waals surface area contributed by atoms with Gasteiger partial charge in [-0.2, -0.15) is 5.10 Å². The Morgan fingerprint density at radius 2 is 1.21 bits per heavy atom. The lowest BCUT2D eigenvalue weighted by atomic mass is 10.0. The van der Waals surface area contributed by atoms with E-state index in [2.05, 4.69) is 10.5 Å². The van der Waals surface area contributed by atoms with Crippen LogP contribution in [-0.4, -0.2) is 39.9 Å². The van der Waals surface area contributed by atoms with Gasteiger partial charge in [-0.1, -0.05) is 24.3 Å². The average molecular weight is 325 g/mol. The molecule has 24 heavy (non-hydrogen) atoms. The molecule has 2 aromatic carbocycles. The first kappa shape index (κ1) is 17.3. The molecular formula is C18H23N5O. The predicted molar refractivity (Wildman–Crippen MR) is 99.9 cm³/mol. The maximum Gasteiger partial charge on any atom is 0.332 e. The van der Waals surface area contributed by atoms with Crippen LogP contribution >= 0.6 is 0 Å². The zero-order valence-electron chi connectivity index (χ0n) is 14.4. The molecule has 2 aromatic rings. The Hall–Kier alpha value is -3.02. The number of nitrogens with one attached hydrogen (secondary N) is 1. The van der Waals surface area contributed by atoms with Gasteiger partial charge in [0.2, 0.25) is 0 Å². The highest BCUT2D eigenvalue weighted by atomic mass is 16.2. The fraction of sp³-hybridized carbons (Fsp3) is 0.222. The van der Waals surface area contributed by atoms with E-state index in [1.165, 1.54) is 0 Å². The van der Waals surface area contributed by atoms with E-state index in [1.54, 1.807) is 0 Å². The topological polar surface area (TPSA) is 74.0 Å². The van der Waals surface area contributed by atoms with Crippen LogP contribution in [-0.2, 0) is 0 Å². The number of hydrazone groups is 1. The van der Waals surface area contributed by atoms with Gasteiger partial charge in [0.1, 0.15) is 0 Å². The number of amides is 2. The van der Waals surface area contributed by atoms with Gasteiger partial charge in [-0.15, -0.1) is 0 Å². The van der Waals surface area contributed by atoms with Crippen molar-refractivity contribution in [1.29, 1.82) is 0 Å². The molecule has 0 unspecified atom stereocenters.